The highest BCUT2D eigenvalue weighted by Crippen LogP contribution is 2.40. The monoisotopic (exact) mass is 394 g/mol. The zero-order valence-corrected chi connectivity index (χ0v) is 17.1. The van der Waals surface area contributed by atoms with Crippen LogP contribution in [0.1, 0.15) is 26.7 Å². The van der Waals surface area contributed by atoms with Crippen molar-refractivity contribution in [2.45, 2.75) is 38.8 Å². The molecule has 2 aliphatic heterocycles. The van der Waals surface area contributed by atoms with Crippen molar-refractivity contribution in [2.24, 2.45) is 0 Å². The summed E-state index contributed by atoms with van der Waals surface area (Å²) in [5, 5.41) is 0. The van der Waals surface area contributed by atoms with Crippen molar-refractivity contribution in [1.82, 2.24) is 0 Å². The highest BCUT2D eigenvalue weighted by Gasteiger charge is 2.37. The molecule has 2 aliphatic rings. The van der Waals surface area contributed by atoms with Crippen molar-refractivity contribution in [3.8, 4) is 16.9 Å². The Morgan fingerprint density at radius 3 is 2.41 bits per heavy atom. The number of carbonyl (C=O) groups is 2. The second-order valence-electron chi connectivity index (χ2n) is 7.62. The maximum atomic E-state index is 13.2. The molecule has 0 aliphatic carbocycles. The van der Waals surface area contributed by atoms with Gasteiger partial charge in [-0.1, -0.05) is 18.2 Å². The number of amides is 2. The molecular weight excluding hydrogens is 368 g/mol. The van der Waals surface area contributed by atoms with Crippen LogP contribution in [-0.4, -0.2) is 44.2 Å². The fourth-order valence-electron chi connectivity index (χ4n) is 4.22. The van der Waals surface area contributed by atoms with Gasteiger partial charge in [-0.3, -0.25) is 9.59 Å². The molecule has 1 fully saturated rings. The summed E-state index contributed by atoms with van der Waals surface area (Å²) >= 11 is 0. The Kier molecular flexibility index (Phi) is 5.28. The molecule has 0 spiro atoms. The van der Waals surface area contributed by atoms with Crippen LogP contribution in [0.2, 0.25) is 0 Å². The summed E-state index contributed by atoms with van der Waals surface area (Å²) in [6.07, 6.45) is 1.25. The highest BCUT2D eigenvalue weighted by molar-refractivity contribution is 6.06. The molecule has 4 rings (SSSR count). The van der Waals surface area contributed by atoms with Crippen LogP contribution in [0, 0.1) is 0 Å². The molecule has 29 heavy (non-hydrogen) atoms. The molecule has 6 heteroatoms. The third-order valence-electron chi connectivity index (χ3n) is 5.65. The van der Waals surface area contributed by atoms with Crippen LogP contribution >= 0.6 is 0 Å². The molecule has 152 valence electrons. The Bertz CT molecular complexity index is 919. The van der Waals surface area contributed by atoms with E-state index in [1.165, 1.54) is 0 Å². The third kappa shape index (κ3) is 3.60. The molecule has 0 bridgehead atoms. The van der Waals surface area contributed by atoms with Gasteiger partial charge in [0.2, 0.25) is 5.91 Å². The fraction of sp³-hybridized carbons (Fsp3) is 0.391. The van der Waals surface area contributed by atoms with Gasteiger partial charge in [0.25, 0.3) is 5.91 Å². The van der Waals surface area contributed by atoms with Crippen LogP contribution in [0.15, 0.2) is 42.5 Å². The molecule has 2 atom stereocenters. The van der Waals surface area contributed by atoms with Crippen LogP contribution in [0.5, 0.6) is 5.75 Å². The standard InChI is InChI=1S/C23H26N2O4/c1-15-14-24(23(27)22-5-4-12-29-22)21-13-18(8-11-20(21)25(15)16(2)26)17-6-9-19(28-3)10-7-17/h6-11,13,15,22H,4-5,12,14H2,1-3H3. The molecule has 0 saturated carbocycles. The lowest BCUT2D eigenvalue weighted by molar-refractivity contribution is -0.127. The van der Waals surface area contributed by atoms with Crippen molar-refractivity contribution in [3.63, 3.8) is 0 Å². The van der Waals surface area contributed by atoms with Crippen molar-refractivity contribution in [3.05, 3.63) is 42.5 Å². The molecule has 2 aromatic rings. The van der Waals surface area contributed by atoms with Gasteiger partial charge in [0.05, 0.1) is 24.5 Å². The van der Waals surface area contributed by atoms with Gasteiger partial charge in [-0.15, -0.1) is 0 Å². The van der Waals surface area contributed by atoms with Gasteiger partial charge in [0.15, 0.2) is 0 Å². The number of hydrogen-bond acceptors (Lipinski definition) is 4. The molecular formula is C23H26N2O4. The maximum Gasteiger partial charge on any atom is 0.256 e. The van der Waals surface area contributed by atoms with E-state index in [1.54, 1.807) is 23.8 Å². The molecule has 2 heterocycles. The molecule has 2 amide bonds. The number of hydrogen-bond donors (Lipinski definition) is 0. The Balaban J connectivity index is 1.77. The van der Waals surface area contributed by atoms with Gasteiger partial charge in [0.1, 0.15) is 11.9 Å². The Morgan fingerprint density at radius 2 is 1.79 bits per heavy atom. The van der Waals surface area contributed by atoms with E-state index in [0.29, 0.717) is 13.2 Å². The minimum Gasteiger partial charge on any atom is -0.497 e. The average Bonchev–Trinajstić information content (AvgIpc) is 3.27. The van der Waals surface area contributed by atoms with Crippen LogP contribution in [-0.2, 0) is 14.3 Å². The van der Waals surface area contributed by atoms with E-state index in [4.69, 9.17) is 9.47 Å². The average molecular weight is 394 g/mol. The summed E-state index contributed by atoms with van der Waals surface area (Å²) in [6, 6.07) is 13.6. The number of anilines is 2. The number of ether oxygens (including phenoxy) is 2. The largest absolute Gasteiger partial charge is 0.497 e. The zero-order valence-electron chi connectivity index (χ0n) is 17.1. The number of rotatable bonds is 3. The summed E-state index contributed by atoms with van der Waals surface area (Å²) in [5.74, 6) is 0.740. The van der Waals surface area contributed by atoms with Gasteiger partial charge in [-0.05, 0) is 55.2 Å². The topological polar surface area (TPSA) is 59.1 Å². The van der Waals surface area contributed by atoms with E-state index in [0.717, 1.165) is 41.1 Å². The maximum absolute atomic E-state index is 13.2. The lowest BCUT2D eigenvalue weighted by Crippen LogP contribution is -2.53. The summed E-state index contributed by atoms with van der Waals surface area (Å²) in [5.41, 5.74) is 3.52. The van der Waals surface area contributed by atoms with E-state index in [-0.39, 0.29) is 17.9 Å². The van der Waals surface area contributed by atoms with Gasteiger partial charge in [0, 0.05) is 20.1 Å². The highest BCUT2D eigenvalue weighted by atomic mass is 16.5. The van der Waals surface area contributed by atoms with Crippen molar-refractivity contribution in [1.29, 1.82) is 0 Å². The van der Waals surface area contributed by atoms with Gasteiger partial charge in [-0.25, -0.2) is 0 Å². The summed E-state index contributed by atoms with van der Waals surface area (Å²) < 4.78 is 10.9. The number of nitrogens with zero attached hydrogens (tertiary/aromatic N) is 2. The summed E-state index contributed by atoms with van der Waals surface area (Å²) in [6.45, 7) is 4.61. The Labute approximate surface area is 171 Å². The van der Waals surface area contributed by atoms with Gasteiger partial charge < -0.3 is 19.3 Å². The predicted octanol–water partition coefficient (Wildman–Crippen LogP) is 3.63. The first-order valence-corrected chi connectivity index (χ1v) is 10.0. The van der Waals surface area contributed by atoms with E-state index >= 15 is 0 Å². The Morgan fingerprint density at radius 1 is 1.07 bits per heavy atom. The third-order valence-corrected chi connectivity index (χ3v) is 5.65. The van der Waals surface area contributed by atoms with E-state index < -0.39 is 6.10 Å². The number of carbonyl (C=O) groups excluding carboxylic acids is 2. The van der Waals surface area contributed by atoms with Gasteiger partial charge >= 0.3 is 0 Å². The summed E-state index contributed by atoms with van der Waals surface area (Å²) in [4.78, 5) is 29.1. The predicted molar refractivity (Wildman–Crippen MR) is 112 cm³/mol. The van der Waals surface area contributed by atoms with E-state index in [9.17, 15) is 9.59 Å². The molecule has 2 aromatic carbocycles. The molecule has 2 unspecified atom stereocenters. The lowest BCUT2D eigenvalue weighted by Gasteiger charge is -2.41. The van der Waals surface area contributed by atoms with Gasteiger partial charge in [-0.2, -0.15) is 0 Å². The van der Waals surface area contributed by atoms with Crippen LogP contribution in [0.25, 0.3) is 11.1 Å². The van der Waals surface area contributed by atoms with E-state index in [1.807, 2.05) is 49.4 Å². The first-order chi connectivity index (χ1) is 14.0. The smallest absolute Gasteiger partial charge is 0.256 e. The van der Waals surface area contributed by atoms with Crippen molar-refractivity contribution >= 4 is 23.2 Å². The van der Waals surface area contributed by atoms with Crippen molar-refractivity contribution in [2.75, 3.05) is 30.1 Å². The van der Waals surface area contributed by atoms with Crippen LogP contribution < -0.4 is 14.5 Å². The van der Waals surface area contributed by atoms with Crippen molar-refractivity contribution < 1.29 is 19.1 Å². The lowest BCUT2D eigenvalue weighted by atomic mass is 10.00. The second-order valence-corrected chi connectivity index (χ2v) is 7.62. The quantitative estimate of drug-likeness (QED) is 0.798. The molecule has 0 radical (unpaired) electrons. The molecule has 1 saturated heterocycles. The second kappa shape index (κ2) is 7.87. The fourth-order valence-corrected chi connectivity index (χ4v) is 4.22. The Hall–Kier alpha value is -2.86. The zero-order chi connectivity index (χ0) is 20.5. The molecule has 0 N–H and O–H groups in total. The molecule has 6 nitrogen and oxygen atoms in total. The minimum atomic E-state index is -0.399. The minimum absolute atomic E-state index is 0.0225. The normalized spacial score (nSPS) is 21.1. The molecule has 0 aromatic heterocycles. The van der Waals surface area contributed by atoms with Crippen LogP contribution in [0.3, 0.4) is 0 Å². The SMILES string of the molecule is COc1ccc(-c2ccc3c(c2)N(C(=O)C2CCCO2)CC(C)N3C(C)=O)cc1. The first kappa shape index (κ1) is 19.5. The summed E-state index contributed by atoms with van der Waals surface area (Å²) in [7, 11) is 1.64. The van der Waals surface area contributed by atoms with E-state index in [2.05, 4.69) is 0 Å². The number of methoxy groups -OCH3 is 1. The number of fused-ring (bicyclic) bond motifs is 1. The van der Waals surface area contributed by atoms with Crippen LogP contribution in [0.4, 0.5) is 11.4 Å². The first-order valence-electron chi connectivity index (χ1n) is 10.0. The number of benzene rings is 2.